The summed E-state index contributed by atoms with van der Waals surface area (Å²) >= 11 is 6.15. The van der Waals surface area contributed by atoms with Crippen LogP contribution in [0.2, 0.25) is 5.02 Å². The Bertz CT molecular complexity index is 720. The van der Waals surface area contributed by atoms with Crippen molar-refractivity contribution in [3.63, 3.8) is 0 Å². The van der Waals surface area contributed by atoms with Gasteiger partial charge in [0.1, 0.15) is 11.5 Å². The standard InChI is InChI=1S/C16H18ClN3O3.ClH/c1-11-9-19(7-6-18-11)10-13-3-5-16(23-13)14-4-2-12(20(21)22)8-15(14)17;/h2-5,8,11,18H,6-7,9-10H2,1H3;1H/t11-;/m0./s1. The zero-order chi connectivity index (χ0) is 16.4. The largest absolute Gasteiger partial charge is 0.460 e. The molecule has 1 aliphatic heterocycles. The molecule has 0 unspecified atom stereocenters. The van der Waals surface area contributed by atoms with Crippen LogP contribution in [0.15, 0.2) is 34.7 Å². The van der Waals surface area contributed by atoms with Crippen LogP contribution in [-0.2, 0) is 6.54 Å². The average molecular weight is 372 g/mol. The first-order valence-corrected chi connectivity index (χ1v) is 7.89. The molecule has 1 aromatic heterocycles. The first-order valence-electron chi connectivity index (χ1n) is 7.51. The van der Waals surface area contributed by atoms with Gasteiger partial charge in [0.15, 0.2) is 0 Å². The Balaban J connectivity index is 0.00000208. The summed E-state index contributed by atoms with van der Waals surface area (Å²) in [5, 5.41) is 14.5. The number of nitrogens with one attached hydrogen (secondary N) is 1. The van der Waals surface area contributed by atoms with Gasteiger partial charge in [-0.3, -0.25) is 15.0 Å². The minimum absolute atomic E-state index is 0. The normalized spacial score (nSPS) is 18.2. The third-order valence-electron chi connectivity index (χ3n) is 3.92. The SMILES string of the molecule is C[C@H]1CN(Cc2ccc(-c3ccc([N+](=O)[O-])cc3Cl)o2)CCN1.Cl. The number of hydrogen-bond acceptors (Lipinski definition) is 5. The number of non-ortho nitro benzene ring substituents is 1. The second-order valence-corrected chi connectivity index (χ2v) is 6.18. The quantitative estimate of drug-likeness (QED) is 0.654. The lowest BCUT2D eigenvalue weighted by molar-refractivity contribution is -0.384. The van der Waals surface area contributed by atoms with Crippen molar-refractivity contribution in [1.82, 2.24) is 10.2 Å². The lowest BCUT2D eigenvalue weighted by Gasteiger charge is -2.31. The Labute approximate surface area is 151 Å². The molecule has 0 bridgehead atoms. The second kappa shape index (κ2) is 7.98. The van der Waals surface area contributed by atoms with Gasteiger partial charge in [0.2, 0.25) is 0 Å². The van der Waals surface area contributed by atoms with Crippen LogP contribution in [0.1, 0.15) is 12.7 Å². The summed E-state index contributed by atoms with van der Waals surface area (Å²) in [6.07, 6.45) is 0. The smallest absolute Gasteiger partial charge is 0.270 e. The molecular weight excluding hydrogens is 353 g/mol. The third-order valence-corrected chi connectivity index (χ3v) is 4.24. The minimum Gasteiger partial charge on any atom is -0.460 e. The van der Waals surface area contributed by atoms with Crippen molar-refractivity contribution in [3.05, 3.63) is 51.2 Å². The molecule has 130 valence electrons. The monoisotopic (exact) mass is 371 g/mol. The van der Waals surface area contributed by atoms with Crippen LogP contribution in [0.3, 0.4) is 0 Å². The maximum Gasteiger partial charge on any atom is 0.270 e. The lowest BCUT2D eigenvalue weighted by Crippen LogP contribution is -2.48. The highest BCUT2D eigenvalue weighted by molar-refractivity contribution is 6.33. The van der Waals surface area contributed by atoms with Crippen molar-refractivity contribution >= 4 is 29.7 Å². The fourth-order valence-electron chi connectivity index (χ4n) is 2.80. The Morgan fingerprint density at radius 1 is 1.42 bits per heavy atom. The molecule has 1 aliphatic rings. The van der Waals surface area contributed by atoms with E-state index in [1.54, 1.807) is 6.07 Å². The van der Waals surface area contributed by atoms with Gasteiger partial charge >= 0.3 is 0 Å². The molecule has 1 fully saturated rings. The molecule has 1 N–H and O–H groups in total. The fourth-order valence-corrected chi connectivity index (χ4v) is 3.07. The van der Waals surface area contributed by atoms with Crippen LogP contribution >= 0.6 is 24.0 Å². The number of halogens is 2. The average Bonchev–Trinajstić information content (AvgIpc) is 2.95. The van der Waals surface area contributed by atoms with E-state index in [0.29, 0.717) is 22.4 Å². The van der Waals surface area contributed by atoms with Gasteiger partial charge in [-0.2, -0.15) is 0 Å². The summed E-state index contributed by atoms with van der Waals surface area (Å²) in [5.74, 6) is 1.49. The summed E-state index contributed by atoms with van der Waals surface area (Å²) < 4.78 is 5.87. The van der Waals surface area contributed by atoms with Crippen molar-refractivity contribution in [2.75, 3.05) is 19.6 Å². The molecule has 8 heteroatoms. The maximum atomic E-state index is 10.8. The van der Waals surface area contributed by atoms with Crippen LogP contribution < -0.4 is 5.32 Å². The highest BCUT2D eigenvalue weighted by Gasteiger charge is 2.18. The molecule has 0 spiro atoms. The van der Waals surface area contributed by atoms with E-state index >= 15 is 0 Å². The maximum absolute atomic E-state index is 10.8. The van der Waals surface area contributed by atoms with E-state index < -0.39 is 4.92 Å². The van der Waals surface area contributed by atoms with Gasteiger partial charge in [0, 0.05) is 43.4 Å². The van der Waals surface area contributed by atoms with E-state index in [2.05, 4.69) is 17.1 Å². The molecule has 0 amide bonds. The number of benzene rings is 1. The summed E-state index contributed by atoms with van der Waals surface area (Å²) in [7, 11) is 0. The van der Waals surface area contributed by atoms with Crippen molar-refractivity contribution in [1.29, 1.82) is 0 Å². The van der Waals surface area contributed by atoms with E-state index in [4.69, 9.17) is 16.0 Å². The number of piperazine rings is 1. The van der Waals surface area contributed by atoms with Crippen LogP contribution in [0.25, 0.3) is 11.3 Å². The first-order chi connectivity index (χ1) is 11.0. The second-order valence-electron chi connectivity index (χ2n) is 5.78. The van der Waals surface area contributed by atoms with E-state index in [9.17, 15) is 10.1 Å². The zero-order valence-corrected chi connectivity index (χ0v) is 14.8. The van der Waals surface area contributed by atoms with Crippen molar-refractivity contribution in [2.24, 2.45) is 0 Å². The predicted octanol–water partition coefficient (Wildman–Crippen LogP) is 3.72. The molecule has 1 atom stereocenters. The number of hydrogen-bond donors (Lipinski definition) is 1. The van der Waals surface area contributed by atoms with E-state index in [0.717, 1.165) is 31.9 Å². The summed E-state index contributed by atoms with van der Waals surface area (Å²) in [6, 6.07) is 8.66. The summed E-state index contributed by atoms with van der Waals surface area (Å²) in [4.78, 5) is 12.6. The molecule has 0 saturated carbocycles. The number of furan rings is 1. The number of rotatable bonds is 4. The van der Waals surface area contributed by atoms with Gasteiger partial charge in [-0.1, -0.05) is 11.6 Å². The Kier molecular flexibility index (Phi) is 6.23. The van der Waals surface area contributed by atoms with Gasteiger partial charge in [0.05, 0.1) is 16.5 Å². The van der Waals surface area contributed by atoms with E-state index in [1.807, 2.05) is 12.1 Å². The third kappa shape index (κ3) is 4.27. The summed E-state index contributed by atoms with van der Waals surface area (Å²) in [5.41, 5.74) is 0.637. The molecule has 1 saturated heterocycles. The van der Waals surface area contributed by atoms with Gasteiger partial charge in [-0.05, 0) is 25.1 Å². The molecule has 2 heterocycles. The first kappa shape index (κ1) is 18.7. The van der Waals surface area contributed by atoms with Crippen LogP contribution in [0, 0.1) is 10.1 Å². The zero-order valence-electron chi connectivity index (χ0n) is 13.2. The molecule has 1 aromatic carbocycles. The van der Waals surface area contributed by atoms with Crippen LogP contribution in [-0.4, -0.2) is 35.5 Å². The van der Waals surface area contributed by atoms with Gasteiger partial charge in [0.25, 0.3) is 5.69 Å². The fraction of sp³-hybridized carbons (Fsp3) is 0.375. The van der Waals surface area contributed by atoms with E-state index in [-0.39, 0.29) is 18.1 Å². The number of nitro groups is 1. The molecule has 6 nitrogen and oxygen atoms in total. The van der Waals surface area contributed by atoms with Crippen molar-refractivity contribution in [2.45, 2.75) is 19.5 Å². The Morgan fingerprint density at radius 2 is 2.21 bits per heavy atom. The van der Waals surface area contributed by atoms with Crippen molar-refractivity contribution in [3.8, 4) is 11.3 Å². The highest BCUT2D eigenvalue weighted by atomic mass is 35.5. The lowest BCUT2D eigenvalue weighted by atomic mass is 10.1. The number of nitro benzene ring substituents is 1. The van der Waals surface area contributed by atoms with Crippen LogP contribution in [0.4, 0.5) is 5.69 Å². The van der Waals surface area contributed by atoms with Gasteiger partial charge in [-0.25, -0.2) is 0 Å². The molecule has 3 rings (SSSR count). The Morgan fingerprint density at radius 3 is 2.88 bits per heavy atom. The molecular formula is C16H19Cl2N3O3. The predicted molar refractivity (Wildman–Crippen MR) is 95.8 cm³/mol. The molecule has 0 aliphatic carbocycles. The highest BCUT2D eigenvalue weighted by Crippen LogP contribution is 2.32. The van der Waals surface area contributed by atoms with E-state index in [1.165, 1.54) is 12.1 Å². The molecule has 2 aromatic rings. The van der Waals surface area contributed by atoms with Crippen LogP contribution in [0.5, 0.6) is 0 Å². The van der Waals surface area contributed by atoms with Crippen molar-refractivity contribution < 1.29 is 9.34 Å². The Hall–Kier alpha value is -1.60. The minimum atomic E-state index is -0.464. The number of nitrogens with zero attached hydrogens (tertiary/aromatic N) is 2. The molecule has 24 heavy (non-hydrogen) atoms. The van der Waals surface area contributed by atoms with Gasteiger partial charge in [-0.15, -0.1) is 12.4 Å². The molecule has 0 radical (unpaired) electrons. The van der Waals surface area contributed by atoms with Gasteiger partial charge < -0.3 is 9.73 Å². The topological polar surface area (TPSA) is 71.5 Å². The summed E-state index contributed by atoms with van der Waals surface area (Å²) in [6.45, 7) is 5.85.